The summed E-state index contributed by atoms with van der Waals surface area (Å²) in [6.07, 6.45) is 0.936. The van der Waals surface area contributed by atoms with E-state index in [1.807, 2.05) is 26.0 Å². The fourth-order valence-corrected chi connectivity index (χ4v) is 2.00. The van der Waals surface area contributed by atoms with Crippen molar-refractivity contribution in [3.8, 4) is 0 Å². The minimum atomic E-state index is -0.142. The second-order valence-corrected chi connectivity index (χ2v) is 4.38. The summed E-state index contributed by atoms with van der Waals surface area (Å²) in [6, 6.07) is 5.48. The first kappa shape index (κ1) is 12.8. The predicted octanol–water partition coefficient (Wildman–Crippen LogP) is 1.42. The van der Waals surface area contributed by atoms with Crippen molar-refractivity contribution in [3.05, 3.63) is 23.9 Å². The zero-order chi connectivity index (χ0) is 13.0. The Balaban J connectivity index is 2.01. The van der Waals surface area contributed by atoms with Crippen LogP contribution < -0.4 is 10.6 Å². The van der Waals surface area contributed by atoms with Gasteiger partial charge in [-0.1, -0.05) is 6.07 Å². The van der Waals surface area contributed by atoms with Crippen LogP contribution in [0, 0.1) is 0 Å². The first-order valence-electron chi connectivity index (χ1n) is 6.34. The molecule has 1 aromatic heterocycles. The average molecular weight is 249 g/mol. The van der Waals surface area contributed by atoms with Gasteiger partial charge in [-0.2, -0.15) is 0 Å². The molecule has 1 aliphatic rings. The van der Waals surface area contributed by atoms with Crippen LogP contribution in [0.2, 0.25) is 0 Å². The lowest BCUT2D eigenvalue weighted by atomic mass is 10.1. The summed E-state index contributed by atoms with van der Waals surface area (Å²) < 4.78 is 5.42. The van der Waals surface area contributed by atoms with Crippen molar-refractivity contribution in [3.63, 3.8) is 0 Å². The molecule has 2 N–H and O–H groups in total. The van der Waals surface area contributed by atoms with E-state index in [0.717, 1.165) is 18.8 Å². The third kappa shape index (κ3) is 2.98. The van der Waals surface area contributed by atoms with Crippen LogP contribution in [0.15, 0.2) is 18.2 Å². The Hall–Kier alpha value is -1.62. The molecule has 0 aromatic carbocycles. The average Bonchev–Trinajstić information content (AvgIpc) is 2.76. The van der Waals surface area contributed by atoms with Crippen molar-refractivity contribution in [2.45, 2.75) is 32.4 Å². The molecule has 2 rings (SSSR count). The zero-order valence-electron chi connectivity index (χ0n) is 10.8. The molecule has 1 fully saturated rings. The summed E-state index contributed by atoms with van der Waals surface area (Å²) in [6.45, 7) is 5.45. The van der Waals surface area contributed by atoms with Gasteiger partial charge in [0.2, 0.25) is 0 Å². The minimum absolute atomic E-state index is 0.0749. The molecule has 18 heavy (non-hydrogen) atoms. The lowest BCUT2D eigenvalue weighted by molar-refractivity contribution is 0.0862. The van der Waals surface area contributed by atoms with Gasteiger partial charge in [-0.3, -0.25) is 4.79 Å². The van der Waals surface area contributed by atoms with E-state index < -0.39 is 0 Å². The molecule has 1 amide bonds. The Morgan fingerprint density at radius 3 is 3.06 bits per heavy atom. The fraction of sp³-hybridized carbons (Fsp3) is 0.538. The molecule has 0 aliphatic carbocycles. The number of anilines is 1. The van der Waals surface area contributed by atoms with Gasteiger partial charge in [0, 0.05) is 13.2 Å². The van der Waals surface area contributed by atoms with E-state index in [0.29, 0.717) is 12.3 Å². The Morgan fingerprint density at radius 2 is 2.39 bits per heavy atom. The van der Waals surface area contributed by atoms with Gasteiger partial charge in [0.15, 0.2) is 0 Å². The molecule has 0 spiro atoms. The number of aromatic nitrogens is 1. The van der Waals surface area contributed by atoms with Gasteiger partial charge >= 0.3 is 0 Å². The highest BCUT2D eigenvalue weighted by Crippen LogP contribution is 2.13. The van der Waals surface area contributed by atoms with E-state index in [1.165, 1.54) is 0 Å². The number of nitrogens with zero attached hydrogens (tertiary/aromatic N) is 1. The maximum atomic E-state index is 12.0. The number of carbonyl (C=O) groups is 1. The Bertz CT molecular complexity index is 422. The maximum absolute atomic E-state index is 12.0. The third-order valence-electron chi connectivity index (χ3n) is 3.03. The Morgan fingerprint density at radius 1 is 1.56 bits per heavy atom. The van der Waals surface area contributed by atoms with E-state index >= 15 is 0 Å². The lowest BCUT2D eigenvalue weighted by Crippen LogP contribution is -2.39. The van der Waals surface area contributed by atoms with Gasteiger partial charge in [-0.05, 0) is 32.4 Å². The highest BCUT2D eigenvalue weighted by atomic mass is 16.5. The molecule has 0 radical (unpaired) electrons. The number of carbonyl (C=O) groups excluding carboxylic acids is 1. The highest BCUT2D eigenvalue weighted by Gasteiger charge is 2.26. The fourth-order valence-electron chi connectivity index (χ4n) is 2.00. The van der Waals surface area contributed by atoms with Crippen molar-refractivity contribution >= 4 is 11.7 Å². The van der Waals surface area contributed by atoms with E-state index in [1.54, 1.807) is 6.07 Å². The number of nitrogens with one attached hydrogen (secondary N) is 2. The number of hydrogen-bond donors (Lipinski definition) is 2. The summed E-state index contributed by atoms with van der Waals surface area (Å²) in [5.41, 5.74) is 0.438. The minimum Gasteiger partial charge on any atom is -0.376 e. The van der Waals surface area contributed by atoms with Crippen LogP contribution in [0.25, 0.3) is 0 Å². The SMILES string of the molecule is CCNc1cccc(C(=O)NC2CCOC2C)n1. The molecular weight excluding hydrogens is 230 g/mol. The number of pyridine rings is 1. The molecule has 1 aliphatic heterocycles. The van der Waals surface area contributed by atoms with Crippen molar-refractivity contribution in [1.29, 1.82) is 0 Å². The van der Waals surface area contributed by atoms with Crippen LogP contribution >= 0.6 is 0 Å². The van der Waals surface area contributed by atoms with Gasteiger partial charge in [0.05, 0.1) is 12.1 Å². The number of rotatable bonds is 4. The maximum Gasteiger partial charge on any atom is 0.270 e. The second kappa shape index (κ2) is 5.82. The summed E-state index contributed by atoms with van der Waals surface area (Å²) in [7, 11) is 0. The van der Waals surface area contributed by atoms with Crippen molar-refractivity contribution < 1.29 is 9.53 Å². The predicted molar refractivity (Wildman–Crippen MR) is 69.7 cm³/mol. The van der Waals surface area contributed by atoms with Crippen molar-refractivity contribution in [2.75, 3.05) is 18.5 Å². The molecule has 98 valence electrons. The molecule has 1 aromatic rings. The second-order valence-electron chi connectivity index (χ2n) is 4.38. The van der Waals surface area contributed by atoms with Gasteiger partial charge in [0.25, 0.3) is 5.91 Å². The van der Waals surface area contributed by atoms with Crippen LogP contribution in [-0.4, -0.2) is 36.2 Å². The van der Waals surface area contributed by atoms with Gasteiger partial charge < -0.3 is 15.4 Å². The molecule has 2 unspecified atom stereocenters. The normalized spacial score (nSPS) is 22.8. The topological polar surface area (TPSA) is 63.2 Å². The largest absolute Gasteiger partial charge is 0.376 e. The van der Waals surface area contributed by atoms with Crippen LogP contribution in [0.1, 0.15) is 30.8 Å². The van der Waals surface area contributed by atoms with Gasteiger partial charge in [-0.25, -0.2) is 4.98 Å². The highest BCUT2D eigenvalue weighted by molar-refractivity contribution is 5.92. The molecule has 1 saturated heterocycles. The van der Waals surface area contributed by atoms with E-state index in [2.05, 4.69) is 15.6 Å². The van der Waals surface area contributed by atoms with Gasteiger partial charge in [-0.15, -0.1) is 0 Å². The Labute approximate surface area is 107 Å². The van der Waals surface area contributed by atoms with E-state index in [4.69, 9.17) is 4.74 Å². The molecule has 0 bridgehead atoms. The van der Waals surface area contributed by atoms with E-state index in [-0.39, 0.29) is 18.1 Å². The summed E-state index contributed by atoms with van der Waals surface area (Å²) >= 11 is 0. The lowest BCUT2D eigenvalue weighted by Gasteiger charge is -2.15. The van der Waals surface area contributed by atoms with Crippen LogP contribution in [-0.2, 0) is 4.74 Å². The van der Waals surface area contributed by atoms with Crippen LogP contribution in [0.5, 0.6) is 0 Å². The van der Waals surface area contributed by atoms with E-state index in [9.17, 15) is 4.79 Å². The van der Waals surface area contributed by atoms with Crippen LogP contribution in [0.3, 0.4) is 0 Å². The molecule has 5 nitrogen and oxygen atoms in total. The molecule has 0 saturated carbocycles. The standard InChI is InChI=1S/C13H19N3O2/c1-3-14-12-6-4-5-11(15-12)13(17)16-10-7-8-18-9(10)2/h4-6,9-10H,3,7-8H2,1-2H3,(H,14,15)(H,16,17). The molecular formula is C13H19N3O2. The Kier molecular flexibility index (Phi) is 4.15. The van der Waals surface area contributed by atoms with Gasteiger partial charge in [0.1, 0.15) is 11.5 Å². The molecule has 2 heterocycles. The van der Waals surface area contributed by atoms with Crippen molar-refractivity contribution in [2.24, 2.45) is 0 Å². The molecule has 2 atom stereocenters. The monoisotopic (exact) mass is 249 g/mol. The summed E-state index contributed by atoms with van der Waals surface area (Å²) in [5.74, 6) is 0.581. The smallest absolute Gasteiger partial charge is 0.270 e. The van der Waals surface area contributed by atoms with Crippen LogP contribution in [0.4, 0.5) is 5.82 Å². The first-order chi connectivity index (χ1) is 8.70. The third-order valence-corrected chi connectivity index (χ3v) is 3.03. The number of amides is 1. The van der Waals surface area contributed by atoms with Crippen molar-refractivity contribution in [1.82, 2.24) is 10.3 Å². The summed E-state index contributed by atoms with van der Waals surface area (Å²) in [4.78, 5) is 16.3. The number of hydrogen-bond acceptors (Lipinski definition) is 4. The number of ether oxygens (including phenoxy) is 1. The molecule has 5 heteroatoms. The zero-order valence-corrected chi connectivity index (χ0v) is 10.8. The summed E-state index contributed by atoms with van der Waals surface area (Å²) in [5, 5.41) is 6.05. The quantitative estimate of drug-likeness (QED) is 0.847. The first-order valence-corrected chi connectivity index (χ1v) is 6.34.